The number of hydrogen-bond donors (Lipinski definition) is 1. The molecule has 0 aromatic rings. The van der Waals surface area contributed by atoms with Gasteiger partial charge in [0.1, 0.15) is 6.42 Å². The minimum absolute atomic E-state index is 0. The Balaban J connectivity index is 0.00000256. The van der Waals surface area contributed by atoms with E-state index in [1.807, 2.05) is 6.92 Å². The van der Waals surface area contributed by atoms with E-state index in [1.54, 1.807) is 0 Å². The van der Waals surface area contributed by atoms with Gasteiger partial charge in [-0.25, -0.2) is 0 Å². The zero-order valence-electron chi connectivity index (χ0n) is 9.67. The largest absolute Gasteiger partial charge is 0.397 e. The maximum absolute atomic E-state index is 12.1. The summed E-state index contributed by atoms with van der Waals surface area (Å²) in [4.78, 5) is 12.8. The van der Waals surface area contributed by atoms with E-state index in [9.17, 15) is 18.0 Å². The molecule has 0 aromatic carbocycles. The van der Waals surface area contributed by atoms with Crippen LogP contribution in [0.2, 0.25) is 0 Å². The normalized spacial score (nSPS) is 25.4. The SMILES string of the molecule is CC1CCCN(C(=O)CC(F)(F)F)C1CN.Cl. The highest BCUT2D eigenvalue weighted by Crippen LogP contribution is 2.26. The van der Waals surface area contributed by atoms with Gasteiger partial charge in [-0.05, 0) is 18.8 Å². The second-order valence-electron chi connectivity index (χ2n) is 4.30. The number of rotatable bonds is 2. The standard InChI is InChI=1S/C10H17F3N2O.ClH/c1-7-3-2-4-15(8(7)6-14)9(16)5-10(11,12)13;/h7-8H,2-6,14H2,1H3;1H. The van der Waals surface area contributed by atoms with E-state index < -0.39 is 18.5 Å². The van der Waals surface area contributed by atoms with Crippen LogP contribution in [0.3, 0.4) is 0 Å². The van der Waals surface area contributed by atoms with Crippen LogP contribution in [-0.4, -0.2) is 36.1 Å². The van der Waals surface area contributed by atoms with Gasteiger partial charge in [0.2, 0.25) is 5.91 Å². The average Bonchev–Trinajstić information content (AvgIpc) is 2.14. The van der Waals surface area contributed by atoms with Crippen LogP contribution in [0.5, 0.6) is 0 Å². The molecule has 0 aliphatic carbocycles. The molecule has 17 heavy (non-hydrogen) atoms. The molecule has 0 bridgehead atoms. The van der Waals surface area contributed by atoms with Gasteiger partial charge in [-0.15, -0.1) is 12.4 Å². The summed E-state index contributed by atoms with van der Waals surface area (Å²) in [6, 6.07) is -0.247. The Labute approximate surface area is 105 Å². The summed E-state index contributed by atoms with van der Waals surface area (Å²) in [6.07, 6.45) is -4.15. The van der Waals surface area contributed by atoms with Crippen LogP contribution in [-0.2, 0) is 4.79 Å². The Morgan fingerprint density at radius 3 is 2.53 bits per heavy atom. The van der Waals surface area contributed by atoms with Crippen molar-refractivity contribution in [3.05, 3.63) is 0 Å². The van der Waals surface area contributed by atoms with Crippen molar-refractivity contribution < 1.29 is 18.0 Å². The molecular weight excluding hydrogens is 257 g/mol. The van der Waals surface area contributed by atoms with Crippen molar-refractivity contribution >= 4 is 18.3 Å². The molecule has 0 saturated carbocycles. The van der Waals surface area contributed by atoms with Crippen molar-refractivity contribution in [1.29, 1.82) is 0 Å². The summed E-state index contributed by atoms with van der Waals surface area (Å²) in [6.45, 7) is 2.54. The quantitative estimate of drug-likeness (QED) is 0.837. The second kappa shape index (κ2) is 6.44. The number of nitrogens with two attached hydrogens (primary N) is 1. The van der Waals surface area contributed by atoms with E-state index >= 15 is 0 Å². The Morgan fingerprint density at radius 1 is 1.47 bits per heavy atom. The highest BCUT2D eigenvalue weighted by molar-refractivity contribution is 5.85. The van der Waals surface area contributed by atoms with Gasteiger partial charge in [-0.2, -0.15) is 13.2 Å². The molecular formula is C10H18ClF3N2O. The van der Waals surface area contributed by atoms with Crippen LogP contribution < -0.4 is 5.73 Å². The number of halogens is 4. The first-order valence-corrected chi connectivity index (χ1v) is 5.41. The molecule has 2 N–H and O–H groups in total. The molecule has 0 radical (unpaired) electrons. The molecule has 0 aromatic heterocycles. The molecule has 1 aliphatic heterocycles. The number of nitrogens with zero attached hydrogens (tertiary/aromatic N) is 1. The summed E-state index contributed by atoms with van der Waals surface area (Å²) < 4.78 is 36.3. The smallest absolute Gasteiger partial charge is 0.338 e. The van der Waals surface area contributed by atoms with Crippen molar-refractivity contribution in [2.45, 2.75) is 38.4 Å². The van der Waals surface area contributed by atoms with Crippen LogP contribution in [0, 0.1) is 5.92 Å². The predicted molar refractivity (Wildman–Crippen MR) is 60.9 cm³/mol. The Hall–Kier alpha value is -0.490. The molecule has 1 amide bonds. The van der Waals surface area contributed by atoms with Crippen molar-refractivity contribution in [2.75, 3.05) is 13.1 Å². The third-order valence-electron chi connectivity index (χ3n) is 3.03. The fourth-order valence-electron chi connectivity index (χ4n) is 2.19. The van der Waals surface area contributed by atoms with E-state index in [4.69, 9.17) is 5.73 Å². The van der Waals surface area contributed by atoms with Crippen LogP contribution in [0.15, 0.2) is 0 Å². The van der Waals surface area contributed by atoms with Crippen molar-refractivity contribution in [3.8, 4) is 0 Å². The summed E-state index contributed by atoms with van der Waals surface area (Å²) in [7, 11) is 0. The first-order valence-electron chi connectivity index (χ1n) is 5.41. The first kappa shape index (κ1) is 16.5. The van der Waals surface area contributed by atoms with Crippen LogP contribution >= 0.6 is 12.4 Å². The van der Waals surface area contributed by atoms with Crippen molar-refractivity contribution in [1.82, 2.24) is 4.90 Å². The zero-order chi connectivity index (χ0) is 12.3. The number of alkyl halides is 3. The Morgan fingerprint density at radius 2 is 2.06 bits per heavy atom. The summed E-state index contributed by atoms with van der Waals surface area (Å²) in [5.74, 6) is -0.676. The van der Waals surface area contributed by atoms with Gasteiger partial charge >= 0.3 is 6.18 Å². The van der Waals surface area contributed by atoms with E-state index in [0.717, 1.165) is 12.8 Å². The van der Waals surface area contributed by atoms with Gasteiger partial charge in [0.05, 0.1) is 0 Å². The van der Waals surface area contributed by atoms with Crippen LogP contribution in [0.25, 0.3) is 0 Å². The molecule has 1 aliphatic rings. The van der Waals surface area contributed by atoms with Crippen LogP contribution in [0.1, 0.15) is 26.2 Å². The monoisotopic (exact) mass is 274 g/mol. The molecule has 3 nitrogen and oxygen atoms in total. The molecule has 2 atom stereocenters. The number of piperidine rings is 1. The zero-order valence-corrected chi connectivity index (χ0v) is 10.5. The van der Waals surface area contributed by atoms with Gasteiger partial charge in [0, 0.05) is 19.1 Å². The number of hydrogen-bond acceptors (Lipinski definition) is 2. The lowest BCUT2D eigenvalue weighted by molar-refractivity contribution is -0.164. The molecule has 1 saturated heterocycles. The molecule has 7 heteroatoms. The van der Waals surface area contributed by atoms with Gasteiger partial charge in [-0.3, -0.25) is 4.79 Å². The van der Waals surface area contributed by atoms with Crippen molar-refractivity contribution in [2.24, 2.45) is 11.7 Å². The summed E-state index contributed by atoms with van der Waals surface area (Å²) in [5, 5.41) is 0. The molecule has 1 heterocycles. The third kappa shape index (κ3) is 4.71. The van der Waals surface area contributed by atoms with Gasteiger partial charge < -0.3 is 10.6 Å². The Kier molecular flexibility index (Phi) is 6.26. The summed E-state index contributed by atoms with van der Waals surface area (Å²) >= 11 is 0. The van der Waals surface area contributed by atoms with Gasteiger partial charge in [-0.1, -0.05) is 6.92 Å². The molecule has 2 unspecified atom stereocenters. The maximum Gasteiger partial charge on any atom is 0.397 e. The fraction of sp³-hybridized carbons (Fsp3) is 0.900. The second-order valence-corrected chi connectivity index (χ2v) is 4.30. The van der Waals surface area contributed by atoms with E-state index in [2.05, 4.69) is 0 Å². The maximum atomic E-state index is 12.1. The average molecular weight is 275 g/mol. The molecule has 102 valence electrons. The van der Waals surface area contributed by atoms with E-state index in [-0.39, 0.29) is 30.9 Å². The Bertz CT molecular complexity index is 260. The summed E-state index contributed by atoms with van der Waals surface area (Å²) in [5.41, 5.74) is 5.51. The van der Waals surface area contributed by atoms with Crippen molar-refractivity contribution in [3.63, 3.8) is 0 Å². The number of amides is 1. The van der Waals surface area contributed by atoms with Gasteiger partial charge in [0.15, 0.2) is 0 Å². The number of carbonyl (C=O) groups excluding carboxylic acids is 1. The minimum atomic E-state index is -4.43. The minimum Gasteiger partial charge on any atom is -0.338 e. The predicted octanol–water partition coefficient (Wildman–Crippen LogP) is 1.95. The third-order valence-corrected chi connectivity index (χ3v) is 3.03. The first-order chi connectivity index (χ1) is 7.35. The van der Waals surface area contributed by atoms with Gasteiger partial charge in [0.25, 0.3) is 0 Å². The van der Waals surface area contributed by atoms with E-state index in [1.165, 1.54) is 4.90 Å². The lowest BCUT2D eigenvalue weighted by atomic mass is 9.90. The molecule has 0 spiro atoms. The molecule has 1 fully saturated rings. The highest BCUT2D eigenvalue weighted by Gasteiger charge is 2.37. The molecule has 1 rings (SSSR count). The van der Waals surface area contributed by atoms with Crippen LogP contribution in [0.4, 0.5) is 13.2 Å². The number of likely N-dealkylation sites (tertiary alicyclic amines) is 1. The lowest BCUT2D eigenvalue weighted by Gasteiger charge is -2.39. The van der Waals surface area contributed by atoms with E-state index in [0.29, 0.717) is 6.54 Å². The highest BCUT2D eigenvalue weighted by atomic mass is 35.5. The fourth-order valence-corrected chi connectivity index (χ4v) is 2.19. The number of carbonyl (C=O) groups is 1. The lowest BCUT2D eigenvalue weighted by Crippen LogP contribution is -2.52. The topological polar surface area (TPSA) is 46.3 Å².